The third kappa shape index (κ3) is 4.43. The van der Waals surface area contributed by atoms with E-state index in [9.17, 15) is 14.0 Å². The van der Waals surface area contributed by atoms with Crippen LogP contribution in [0.15, 0.2) is 30.3 Å². The number of carbonyl (C=O) groups is 2. The van der Waals surface area contributed by atoms with Gasteiger partial charge in [-0.2, -0.15) is 0 Å². The second kappa shape index (κ2) is 9.72. The Balaban J connectivity index is 1.58. The molecule has 1 aromatic heterocycles. The van der Waals surface area contributed by atoms with Gasteiger partial charge in [-0.05, 0) is 61.7 Å². The lowest BCUT2D eigenvalue weighted by molar-refractivity contribution is -0.121. The Morgan fingerprint density at radius 3 is 2.53 bits per heavy atom. The molecule has 0 bridgehead atoms. The smallest absolute Gasteiger partial charge is 0.356 e. The van der Waals surface area contributed by atoms with Gasteiger partial charge in [-0.15, -0.1) is 0 Å². The Morgan fingerprint density at radius 1 is 1.15 bits per heavy atom. The first kappa shape index (κ1) is 23.6. The van der Waals surface area contributed by atoms with Crippen LogP contribution < -0.4 is 14.8 Å². The topological polar surface area (TPSA) is 92.9 Å². The third-order valence-electron chi connectivity index (χ3n) is 6.16. The van der Waals surface area contributed by atoms with Crippen molar-refractivity contribution in [3.8, 4) is 11.5 Å². The molecule has 0 fully saturated rings. The fourth-order valence-corrected chi connectivity index (χ4v) is 4.28. The van der Waals surface area contributed by atoms with Crippen molar-refractivity contribution in [2.24, 2.45) is 0 Å². The first-order chi connectivity index (χ1) is 16.4. The fourth-order valence-electron chi connectivity index (χ4n) is 4.28. The number of H-pyrrole nitrogens is 1. The second-order valence-electron chi connectivity index (χ2n) is 8.15. The predicted molar refractivity (Wildman–Crippen MR) is 126 cm³/mol. The minimum atomic E-state index is -0.616. The summed E-state index contributed by atoms with van der Waals surface area (Å²) in [5.41, 5.74) is 3.04. The zero-order valence-electron chi connectivity index (χ0n) is 19.7. The molecule has 1 aliphatic heterocycles. The van der Waals surface area contributed by atoms with Crippen LogP contribution in [0.3, 0.4) is 0 Å². The maximum absolute atomic E-state index is 13.9. The van der Waals surface area contributed by atoms with Gasteiger partial charge in [0, 0.05) is 24.0 Å². The highest BCUT2D eigenvalue weighted by Crippen LogP contribution is 2.34. The number of rotatable bonds is 7. The van der Waals surface area contributed by atoms with Gasteiger partial charge >= 0.3 is 5.97 Å². The van der Waals surface area contributed by atoms with Crippen LogP contribution in [0.1, 0.15) is 35.5 Å². The summed E-state index contributed by atoms with van der Waals surface area (Å²) in [7, 11) is 3.19. The summed E-state index contributed by atoms with van der Waals surface area (Å²) < 4.78 is 29.9. The van der Waals surface area contributed by atoms with E-state index in [1.165, 1.54) is 18.2 Å². The molecule has 180 valence electrons. The Hall–Kier alpha value is -3.59. The normalized spacial score (nSPS) is 14.4. The quantitative estimate of drug-likeness (QED) is 0.510. The summed E-state index contributed by atoms with van der Waals surface area (Å²) in [6.07, 6.45) is 0.750. The molecule has 2 N–H and O–H groups in total. The fraction of sp³-hybridized carbons (Fsp3) is 0.360. The number of benzene rings is 2. The largest absolute Gasteiger partial charge is 0.493 e. The number of aromatic nitrogens is 1. The van der Waals surface area contributed by atoms with Crippen molar-refractivity contribution < 1.29 is 28.2 Å². The summed E-state index contributed by atoms with van der Waals surface area (Å²) in [6.45, 7) is 4.90. The average molecular weight is 470 g/mol. The number of nitrogens with one attached hydrogen (secondary N) is 2. The minimum absolute atomic E-state index is 0.0869. The maximum atomic E-state index is 13.9. The molecule has 0 saturated carbocycles. The molecule has 0 spiro atoms. The molecule has 3 aromatic rings. The van der Waals surface area contributed by atoms with E-state index in [4.69, 9.17) is 14.2 Å². The lowest BCUT2D eigenvalue weighted by Gasteiger charge is -2.33. The highest BCUT2D eigenvalue weighted by molar-refractivity contribution is 6.11. The van der Waals surface area contributed by atoms with Gasteiger partial charge in [0.15, 0.2) is 11.5 Å². The summed E-state index contributed by atoms with van der Waals surface area (Å²) in [6, 6.07) is 7.50. The van der Waals surface area contributed by atoms with Crippen LogP contribution in [0.2, 0.25) is 0 Å². The number of ether oxygens (including phenoxy) is 3. The van der Waals surface area contributed by atoms with Gasteiger partial charge in [0.25, 0.3) is 0 Å². The number of carbonyl (C=O) groups excluding carboxylic acids is 2. The zero-order valence-corrected chi connectivity index (χ0v) is 19.7. The molecule has 1 amide bonds. The molecule has 0 aliphatic carbocycles. The molecule has 2 aromatic carbocycles. The molecule has 1 aliphatic rings. The highest BCUT2D eigenvalue weighted by atomic mass is 19.1. The SMILES string of the molecule is CCOC(=O)c1[nH]c2ccc(F)cc2c1NC(=O)[C@H](C)N1CCc2cc(OC)c(OC)cc2C1. The maximum Gasteiger partial charge on any atom is 0.356 e. The van der Waals surface area contributed by atoms with Crippen molar-refractivity contribution >= 4 is 28.5 Å². The first-order valence-corrected chi connectivity index (χ1v) is 11.1. The van der Waals surface area contributed by atoms with E-state index < -0.39 is 17.8 Å². The number of fused-ring (bicyclic) bond motifs is 2. The number of anilines is 1. The van der Waals surface area contributed by atoms with Crippen LogP contribution in [0, 0.1) is 5.82 Å². The number of nitrogens with zero attached hydrogens (tertiary/aromatic N) is 1. The van der Waals surface area contributed by atoms with E-state index in [1.54, 1.807) is 28.1 Å². The van der Waals surface area contributed by atoms with Crippen molar-refractivity contribution in [1.82, 2.24) is 9.88 Å². The number of halogens is 1. The van der Waals surface area contributed by atoms with Crippen LogP contribution in [0.5, 0.6) is 11.5 Å². The molecule has 9 heteroatoms. The molecule has 0 radical (unpaired) electrons. The number of amides is 1. The predicted octanol–water partition coefficient (Wildman–Crippen LogP) is 3.89. The minimum Gasteiger partial charge on any atom is -0.493 e. The van der Waals surface area contributed by atoms with Gasteiger partial charge in [-0.1, -0.05) is 0 Å². The van der Waals surface area contributed by atoms with Gasteiger partial charge in [-0.3, -0.25) is 9.69 Å². The number of esters is 1. The monoisotopic (exact) mass is 469 g/mol. The van der Waals surface area contributed by atoms with Crippen LogP contribution in [-0.4, -0.2) is 55.2 Å². The Labute approximate surface area is 197 Å². The van der Waals surface area contributed by atoms with Crippen LogP contribution >= 0.6 is 0 Å². The molecule has 0 unspecified atom stereocenters. The Morgan fingerprint density at radius 2 is 1.85 bits per heavy atom. The van der Waals surface area contributed by atoms with Gasteiger partial charge in [-0.25, -0.2) is 9.18 Å². The molecule has 1 atom stereocenters. The van der Waals surface area contributed by atoms with Crippen molar-refractivity contribution in [2.45, 2.75) is 32.9 Å². The van der Waals surface area contributed by atoms with Crippen molar-refractivity contribution in [3.63, 3.8) is 0 Å². The van der Waals surface area contributed by atoms with Crippen molar-refractivity contribution in [1.29, 1.82) is 0 Å². The highest BCUT2D eigenvalue weighted by Gasteiger charge is 2.29. The first-order valence-electron chi connectivity index (χ1n) is 11.1. The lowest BCUT2D eigenvalue weighted by atomic mass is 9.97. The zero-order chi connectivity index (χ0) is 24.4. The molecular formula is C25H28FN3O5. The molecule has 8 nitrogen and oxygen atoms in total. The molecule has 0 saturated heterocycles. The molecule has 4 rings (SSSR count). The van der Waals surface area contributed by atoms with Crippen LogP contribution in [0.25, 0.3) is 10.9 Å². The number of hydrogen-bond acceptors (Lipinski definition) is 6. The Bertz CT molecular complexity index is 1240. The second-order valence-corrected chi connectivity index (χ2v) is 8.15. The Kier molecular flexibility index (Phi) is 6.74. The molecule has 2 heterocycles. The standard InChI is InChI=1S/C25H28FN3O5/c1-5-34-25(31)23-22(18-12-17(26)6-7-19(18)27-23)28-24(30)14(2)29-9-8-15-10-20(32-3)21(33-4)11-16(15)13-29/h6-7,10-12,14,27H,5,8-9,13H2,1-4H3,(H,28,30)/t14-/m0/s1. The van der Waals surface area contributed by atoms with Gasteiger partial charge in [0.2, 0.25) is 5.91 Å². The molecular weight excluding hydrogens is 441 g/mol. The lowest BCUT2D eigenvalue weighted by Crippen LogP contribution is -2.44. The molecule has 34 heavy (non-hydrogen) atoms. The summed E-state index contributed by atoms with van der Waals surface area (Å²) >= 11 is 0. The van der Waals surface area contributed by atoms with E-state index in [1.807, 2.05) is 17.0 Å². The van der Waals surface area contributed by atoms with Crippen molar-refractivity contribution in [3.05, 3.63) is 53.0 Å². The van der Waals surface area contributed by atoms with Gasteiger partial charge in [0.05, 0.1) is 32.6 Å². The summed E-state index contributed by atoms with van der Waals surface area (Å²) in [5, 5.41) is 3.24. The van der Waals surface area contributed by atoms with E-state index in [2.05, 4.69) is 10.3 Å². The third-order valence-corrected chi connectivity index (χ3v) is 6.16. The summed E-state index contributed by atoms with van der Waals surface area (Å²) in [5.74, 6) is -0.0734. The van der Waals surface area contributed by atoms with E-state index in [-0.39, 0.29) is 23.9 Å². The average Bonchev–Trinajstić information content (AvgIpc) is 3.19. The van der Waals surface area contributed by atoms with E-state index in [0.717, 1.165) is 17.5 Å². The van der Waals surface area contributed by atoms with Gasteiger partial charge < -0.3 is 24.5 Å². The van der Waals surface area contributed by atoms with Crippen LogP contribution in [0.4, 0.5) is 10.1 Å². The van der Waals surface area contributed by atoms with E-state index >= 15 is 0 Å². The number of aromatic amines is 1. The summed E-state index contributed by atoms with van der Waals surface area (Å²) in [4.78, 5) is 30.7. The van der Waals surface area contributed by atoms with E-state index in [0.29, 0.717) is 35.5 Å². The van der Waals surface area contributed by atoms with Gasteiger partial charge in [0.1, 0.15) is 11.5 Å². The number of hydrogen-bond donors (Lipinski definition) is 2. The number of methoxy groups -OCH3 is 2. The van der Waals surface area contributed by atoms with Crippen LogP contribution in [-0.2, 0) is 22.5 Å². The van der Waals surface area contributed by atoms with Crippen molar-refractivity contribution in [2.75, 3.05) is 32.7 Å².